The van der Waals surface area contributed by atoms with Gasteiger partial charge in [-0.25, -0.2) is 14.2 Å². The van der Waals surface area contributed by atoms with Crippen LogP contribution in [-0.4, -0.2) is 26.6 Å². The normalized spacial score (nSPS) is 9.86. The molecule has 8 nitrogen and oxygen atoms in total. The van der Waals surface area contributed by atoms with Crippen LogP contribution in [0.2, 0.25) is 0 Å². The molecule has 0 fully saturated rings. The van der Waals surface area contributed by atoms with Crippen molar-refractivity contribution in [3.05, 3.63) is 59.9 Å². The summed E-state index contributed by atoms with van der Waals surface area (Å²) in [6.45, 7) is 0. The minimum Gasteiger partial charge on any atom is -0.543 e. The largest absolute Gasteiger partial charge is 1.00 e. The van der Waals surface area contributed by atoms with Gasteiger partial charge >= 0.3 is 41.2 Å². The fourth-order valence-electron chi connectivity index (χ4n) is 1.74. The Morgan fingerprint density at radius 1 is 1.23 bits per heavy atom. The smallest absolute Gasteiger partial charge is 0.543 e. The topological polar surface area (TPSA) is 132 Å². The van der Waals surface area contributed by atoms with Crippen LogP contribution in [0.1, 0.15) is 20.8 Å². The number of benzene rings is 1. The zero-order chi connectivity index (χ0) is 15.7. The van der Waals surface area contributed by atoms with Crippen LogP contribution in [0, 0.1) is 3.57 Å². The van der Waals surface area contributed by atoms with Crippen molar-refractivity contribution >= 4 is 34.5 Å². The molecule has 0 radical (unpaired) electrons. The van der Waals surface area contributed by atoms with Crippen molar-refractivity contribution in [2.75, 3.05) is 0 Å². The number of H-pyrrole nitrogens is 1. The number of aromatic carboxylic acids is 2. The number of halogens is 1. The molecule has 1 aromatic carbocycles. The second-order valence-corrected chi connectivity index (χ2v) is 5.03. The van der Waals surface area contributed by atoms with Gasteiger partial charge in [0.25, 0.3) is 5.56 Å². The second-order valence-electron chi connectivity index (χ2n) is 3.86. The fourth-order valence-corrected chi connectivity index (χ4v) is 2.37. The summed E-state index contributed by atoms with van der Waals surface area (Å²) in [5.74, 6) is -3.72. The SMILES string of the molecule is O=C([O-])c1[nH]c(=O)n(-c2ccccc2I)c(=O)c1C(=O)O.[Na+]. The molecule has 0 saturated carbocycles. The molecular weight excluding hydrogens is 418 g/mol. The molecule has 0 aliphatic rings. The molecular formula is C12H6IN2NaO6. The van der Waals surface area contributed by atoms with Gasteiger partial charge in [-0.05, 0) is 34.7 Å². The van der Waals surface area contributed by atoms with E-state index in [-0.39, 0.29) is 35.2 Å². The first-order chi connectivity index (χ1) is 9.84. The van der Waals surface area contributed by atoms with Gasteiger partial charge in [0.15, 0.2) is 5.56 Å². The Balaban J connectivity index is 0.00000242. The number of nitrogens with one attached hydrogen (secondary N) is 1. The van der Waals surface area contributed by atoms with E-state index in [1.165, 1.54) is 6.07 Å². The van der Waals surface area contributed by atoms with Crippen LogP contribution in [-0.2, 0) is 0 Å². The van der Waals surface area contributed by atoms with Crippen molar-refractivity contribution < 1.29 is 49.4 Å². The molecule has 0 unspecified atom stereocenters. The number of nitrogens with zero attached hydrogens (tertiary/aromatic N) is 1. The van der Waals surface area contributed by atoms with Crippen LogP contribution in [0.3, 0.4) is 0 Å². The average Bonchev–Trinajstić information content (AvgIpc) is 2.39. The molecule has 2 aromatic rings. The van der Waals surface area contributed by atoms with Crippen LogP contribution in [0.4, 0.5) is 0 Å². The summed E-state index contributed by atoms with van der Waals surface area (Å²) in [6, 6.07) is 6.26. The van der Waals surface area contributed by atoms with Crippen molar-refractivity contribution in [1.82, 2.24) is 9.55 Å². The van der Waals surface area contributed by atoms with Gasteiger partial charge in [-0.1, -0.05) is 12.1 Å². The molecule has 2 rings (SSSR count). The maximum atomic E-state index is 12.2. The van der Waals surface area contributed by atoms with E-state index >= 15 is 0 Å². The quantitative estimate of drug-likeness (QED) is 0.384. The molecule has 0 spiro atoms. The monoisotopic (exact) mass is 424 g/mol. The minimum atomic E-state index is -1.95. The first-order valence-corrected chi connectivity index (χ1v) is 6.51. The number of aromatic amines is 1. The van der Waals surface area contributed by atoms with Crippen molar-refractivity contribution in [3.8, 4) is 5.69 Å². The number of hydrogen-bond donors (Lipinski definition) is 2. The van der Waals surface area contributed by atoms with Crippen LogP contribution in [0.15, 0.2) is 33.9 Å². The number of para-hydroxylation sites is 1. The van der Waals surface area contributed by atoms with Gasteiger partial charge in [0.1, 0.15) is 0 Å². The number of aromatic nitrogens is 2. The first kappa shape index (κ1) is 18.6. The molecule has 108 valence electrons. The van der Waals surface area contributed by atoms with E-state index in [1.54, 1.807) is 18.2 Å². The van der Waals surface area contributed by atoms with Crippen LogP contribution >= 0.6 is 22.6 Å². The maximum Gasteiger partial charge on any atom is 1.00 e. The first-order valence-electron chi connectivity index (χ1n) is 5.43. The van der Waals surface area contributed by atoms with E-state index in [2.05, 4.69) is 0 Å². The molecule has 10 heteroatoms. The Bertz CT molecular complexity index is 873. The molecule has 0 aliphatic carbocycles. The molecule has 0 saturated heterocycles. The van der Waals surface area contributed by atoms with Crippen molar-refractivity contribution in [3.63, 3.8) is 0 Å². The third kappa shape index (κ3) is 3.32. The van der Waals surface area contributed by atoms with Crippen molar-refractivity contribution in [1.29, 1.82) is 0 Å². The van der Waals surface area contributed by atoms with Crippen LogP contribution < -0.4 is 45.9 Å². The summed E-state index contributed by atoms with van der Waals surface area (Å²) in [5, 5.41) is 19.8. The Labute approximate surface area is 158 Å². The third-order valence-electron chi connectivity index (χ3n) is 2.61. The zero-order valence-corrected chi connectivity index (χ0v) is 15.3. The number of carboxylic acid groups (broad SMARTS) is 2. The van der Waals surface area contributed by atoms with Gasteiger partial charge < -0.3 is 20.0 Å². The molecule has 0 amide bonds. The van der Waals surface area contributed by atoms with E-state index in [0.29, 0.717) is 8.14 Å². The molecule has 22 heavy (non-hydrogen) atoms. The standard InChI is InChI=1S/C12H7IN2O6.Na/c13-5-3-1-2-4-6(5)15-9(16)7(10(17)18)8(11(19)20)14-12(15)21;/h1-4H,(H,14,21)(H,17,18)(H,19,20);/q;+1/p-1. The summed E-state index contributed by atoms with van der Waals surface area (Å²) in [6.07, 6.45) is 0. The Morgan fingerprint density at radius 3 is 2.32 bits per heavy atom. The van der Waals surface area contributed by atoms with Crippen LogP contribution in [0.5, 0.6) is 0 Å². The molecule has 2 N–H and O–H groups in total. The van der Waals surface area contributed by atoms with E-state index in [9.17, 15) is 24.3 Å². The van der Waals surface area contributed by atoms with Gasteiger partial charge in [0.05, 0.1) is 17.4 Å². The zero-order valence-electron chi connectivity index (χ0n) is 11.1. The third-order valence-corrected chi connectivity index (χ3v) is 3.53. The second kappa shape index (κ2) is 7.22. The predicted octanol–water partition coefficient (Wildman–Crippen LogP) is -3.80. The number of rotatable bonds is 3. The summed E-state index contributed by atoms with van der Waals surface area (Å²) in [5.41, 5.74) is -4.27. The van der Waals surface area contributed by atoms with Gasteiger partial charge in [-0.15, -0.1) is 0 Å². The summed E-state index contributed by atoms with van der Waals surface area (Å²) < 4.78 is 1.08. The molecule has 0 atom stereocenters. The van der Waals surface area contributed by atoms with Crippen molar-refractivity contribution in [2.24, 2.45) is 0 Å². The molecule has 1 heterocycles. The van der Waals surface area contributed by atoms with E-state index in [1.807, 2.05) is 27.6 Å². The average molecular weight is 424 g/mol. The maximum absolute atomic E-state index is 12.2. The number of hydrogen-bond acceptors (Lipinski definition) is 5. The number of carbonyl (C=O) groups excluding carboxylic acids is 1. The summed E-state index contributed by atoms with van der Waals surface area (Å²) in [7, 11) is 0. The Hall–Kier alpha value is -1.43. The Morgan fingerprint density at radius 2 is 1.82 bits per heavy atom. The fraction of sp³-hybridized carbons (Fsp3) is 0. The van der Waals surface area contributed by atoms with Gasteiger partial charge in [-0.3, -0.25) is 4.79 Å². The van der Waals surface area contributed by atoms with Gasteiger partial charge in [0.2, 0.25) is 0 Å². The molecule has 0 bridgehead atoms. The molecule has 0 aliphatic heterocycles. The van der Waals surface area contributed by atoms with Crippen molar-refractivity contribution in [2.45, 2.75) is 0 Å². The van der Waals surface area contributed by atoms with E-state index < -0.39 is 34.4 Å². The molecule has 1 aromatic heterocycles. The Kier molecular flexibility index (Phi) is 6.11. The van der Waals surface area contributed by atoms with Gasteiger partial charge in [-0.2, -0.15) is 0 Å². The van der Waals surface area contributed by atoms with Crippen LogP contribution in [0.25, 0.3) is 5.69 Å². The number of carboxylic acids is 2. The number of carbonyl (C=O) groups is 2. The van der Waals surface area contributed by atoms with E-state index in [0.717, 1.165) is 0 Å². The summed E-state index contributed by atoms with van der Waals surface area (Å²) >= 11 is 1.86. The predicted molar refractivity (Wildman–Crippen MR) is 76.7 cm³/mol. The van der Waals surface area contributed by atoms with Gasteiger partial charge in [0, 0.05) is 3.57 Å². The summed E-state index contributed by atoms with van der Waals surface area (Å²) in [4.78, 5) is 47.9. The van der Waals surface area contributed by atoms with E-state index in [4.69, 9.17) is 5.11 Å². The minimum absolute atomic E-state index is 0.